The number of para-hydroxylation sites is 1. The van der Waals surface area contributed by atoms with Crippen molar-refractivity contribution in [1.29, 1.82) is 0 Å². The van der Waals surface area contributed by atoms with Crippen molar-refractivity contribution in [2.75, 3.05) is 4.90 Å². The third-order valence-electron chi connectivity index (χ3n) is 4.89. The molecule has 156 valence electrons. The molecule has 2 aromatic carbocycles. The molecule has 0 N–H and O–H groups in total. The highest BCUT2D eigenvalue weighted by molar-refractivity contribution is 7.14. The number of aromatic nitrogens is 1. The van der Waals surface area contributed by atoms with E-state index in [9.17, 15) is 9.59 Å². The summed E-state index contributed by atoms with van der Waals surface area (Å²) in [5.74, 6) is -0.473. The lowest BCUT2D eigenvalue weighted by Crippen LogP contribution is -2.23. The molecule has 0 atom stereocenters. The van der Waals surface area contributed by atoms with Crippen LogP contribution in [0.5, 0.6) is 0 Å². The number of amides is 1. The van der Waals surface area contributed by atoms with Gasteiger partial charge in [-0.05, 0) is 49.9 Å². The molecule has 0 saturated heterocycles. The van der Waals surface area contributed by atoms with Gasteiger partial charge in [0.1, 0.15) is 6.61 Å². The van der Waals surface area contributed by atoms with Gasteiger partial charge in [-0.15, -0.1) is 11.3 Å². The van der Waals surface area contributed by atoms with Crippen LogP contribution < -0.4 is 4.90 Å². The summed E-state index contributed by atoms with van der Waals surface area (Å²) in [5, 5.41) is 2.39. The normalized spacial score (nSPS) is 10.7. The number of carbonyl (C=O) groups is 2. The number of thiazole rings is 1. The van der Waals surface area contributed by atoms with Gasteiger partial charge in [0.25, 0.3) is 0 Å². The van der Waals surface area contributed by atoms with E-state index in [-0.39, 0.29) is 18.5 Å². The van der Waals surface area contributed by atoms with Crippen LogP contribution in [0, 0.1) is 20.8 Å². The molecule has 0 aliphatic carbocycles. The molecule has 5 nitrogen and oxygen atoms in total. The van der Waals surface area contributed by atoms with Crippen LogP contribution in [0.3, 0.4) is 0 Å². The maximum Gasteiger partial charge on any atom is 0.339 e. The molecule has 3 rings (SSSR count). The fourth-order valence-corrected chi connectivity index (χ4v) is 4.48. The lowest BCUT2D eigenvalue weighted by atomic mass is 10.00. The summed E-state index contributed by atoms with van der Waals surface area (Å²) in [6, 6.07) is 11.7. The standard InChI is InChI=1S/C24H26N2O3S/c1-6-19-9-7-8-10-21(19)26(18(5)27)24-25-20(14-30-24)13-29-23(28)22-16(3)11-15(2)12-17(22)4/h7-12,14H,6,13H2,1-5H3. The third-order valence-corrected chi connectivity index (χ3v) is 5.77. The highest BCUT2D eigenvalue weighted by Crippen LogP contribution is 2.32. The number of benzene rings is 2. The molecular formula is C24H26N2O3S. The molecule has 1 amide bonds. The van der Waals surface area contributed by atoms with Gasteiger partial charge in [0.15, 0.2) is 5.13 Å². The first-order valence-corrected chi connectivity index (χ1v) is 10.8. The van der Waals surface area contributed by atoms with Crippen molar-refractivity contribution in [2.24, 2.45) is 0 Å². The minimum absolute atomic E-state index is 0.0588. The van der Waals surface area contributed by atoms with Gasteiger partial charge in [-0.3, -0.25) is 9.69 Å². The Morgan fingerprint density at radius 3 is 2.40 bits per heavy atom. The van der Waals surface area contributed by atoms with E-state index in [1.807, 2.05) is 62.5 Å². The second-order valence-corrected chi connectivity index (χ2v) is 8.14. The van der Waals surface area contributed by atoms with Crippen LogP contribution in [0.15, 0.2) is 41.8 Å². The zero-order valence-corrected chi connectivity index (χ0v) is 18.8. The lowest BCUT2D eigenvalue weighted by molar-refractivity contribution is -0.115. The van der Waals surface area contributed by atoms with Crippen LogP contribution in [0.4, 0.5) is 10.8 Å². The van der Waals surface area contributed by atoms with Crippen molar-refractivity contribution in [3.8, 4) is 0 Å². The average molecular weight is 423 g/mol. The van der Waals surface area contributed by atoms with Crippen LogP contribution in [0.1, 0.15) is 52.2 Å². The van der Waals surface area contributed by atoms with E-state index < -0.39 is 0 Å². The maximum absolute atomic E-state index is 12.6. The number of hydrogen-bond donors (Lipinski definition) is 0. The molecule has 0 spiro atoms. The van der Waals surface area contributed by atoms with E-state index in [1.54, 1.807) is 4.90 Å². The highest BCUT2D eigenvalue weighted by Gasteiger charge is 2.21. The molecule has 30 heavy (non-hydrogen) atoms. The van der Waals surface area contributed by atoms with Gasteiger partial charge >= 0.3 is 5.97 Å². The van der Waals surface area contributed by atoms with Crippen molar-refractivity contribution < 1.29 is 14.3 Å². The van der Waals surface area contributed by atoms with Gasteiger partial charge in [0, 0.05) is 12.3 Å². The number of ether oxygens (including phenoxy) is 1. The van der Waals surface area contributed by atoms with Crippen molar-refractivity contribution in [3.05, 3.63) is 75.3 Å². The number of esters is 1. The molecular weight excluding hydrogens is 396 g/mol. The zero-order chi connectivity index (χ0) is 21.8. The molecule has 3 aromatic rings. The van der Waals surface area contributed by atoms with Gasteiger partial charge in [-0.1, -0.05) is 42.8 Å². The predicted octanol–water partition coefficient (Wildman–Crippen LogP) is 5.67. The van der Waals surface area contributed by atoms with Crippen LogP contribution in [-0.2, 0) is 22.6 Å². The maximum atomic E-state index is 12.6. The fourth-order valence-electron chi connectivity index (χ4n) is 3.61. The Hall–Kier alpha value is -2.99. The van der Waals surface area contributed by atoms with E-state index in [0.717, 1.165) is 34.4 Å². The Morgan fingerprint density at radius 1 is 1.10 bits per heavy atom. The third kappa shape index (κ3) is 4.60. The molecule has 0 bridgehead atoms. The topological polar surface area (TPSA) is 59.5 Å². The Labute approximate surface area is 181 Å². The molecule has 0 aliphatic heterocycles. The number of aryl methyl sites for hydroxylation is 4. The number of rotatable bonds is 6. The number of anilines is 2. The first-order valence-electron chi connectivity index (χ1n) is 9.89. The van der Waals surface area contributed by atoms with Crippen molar-refractivity contribution in [3.63, 3.8) is 0 Å². The van der Waals surface area contributed by atoms with Gasteiger partial charge in [0.2, 0.25) is 5.91 Å². The first kappa shape index (κ1) is 21.7. The minimum Gasteiger partial charge on any atom is -0.456 e. The van der Waals surface area contributed by atoms with Crippen molar-refractivity contribution in [1.82, 2.24) is 4.98 Å². The number of carbonyl (C=O) groups excluding carboxylic acids is 2. The summed E-state index contributed by atoms with van der Waals surface area (Å²) >= 11 is 1.36. The summed E-state index contributed by atoms with van der Waals surface area (Å²) in [6.07, 6.45) is 0.811. The first-order chi connectivity index (χ1) is 14.3. The summed E-state index contributed by atoms with van der Waals surface area (Å²) in [4.78, 5) is 31.2. The summed E-state index contributed by atoms with van der Waals surface area (Å²) in [7, 11) is 0. The minimum atomic E-state index is -0.362. The highest BCUT2D eigenvalue weighted by atomic mass is 32.1. The average Bonchev–Trinajstić information content (AvgIpc) is 3.14. The molecule has 6 heteroatoms. The summed E-state index contributed by atoms with van der Waals surface area (Å²) in [6.45, 7) is 9.46. The van der Waals surface area contributed by atoms with E-state index in [4.69, 9.17) is 4.74 Å². The molecule has 1 aromatic heterocycles. The van der Waals surface area contributed by atoms with Crippen LogP contribution in [-0.4, -0.2) is 16.9 Å². The Kier molecular flexibility index (Phi) is 6.67. The fraction of sp³-hybridized carbons (Fsp3) is 0.292. The molecule has 1 heterocycles. The van der Waals surface area contributed by atoms with Crippen LogP contribution in [0.25, 0.3) is 0 Å². The SMILES string of the molecule is CCc1ccccc1N(C(C)=O)c1nc(COC(=O)c2c(C)cc(C)cc2C)cs1. The predicted molar refractivity (Wildman–Crippen MR) is 121 cm³/mol. The molecule has 0 unspecified atom stereocenters. The Bertz CT molecular complexity index is 1060. The van der Waals surface area contributed by atoms with E-state index >= 15 is 0 Å². The van der Waals surface area contributed by atoms with Gasteiger partial charge in [-0.2, -0.15) is 0 Å². The molecule has 0 aliphatic rings. The zero-order valence-electron chi connectivity index (χ0n) is 18.0. The number of hydrogen-bond acceptors (Lipinski definition) is 5. The largest absolute Gasteiger partial charge is 0.456 e. The molecule has 0 fully saturated rings. The van der Waals surface area contributed by atoms with Crippen LogP contribution in [0.2, 0.25) is 0 Å². The smallest absolute Gasteiger partial charge is 0.339 e. The van der Waals surface area contributed by atoms with E-state index in [1.165, 1.54) is 18.3 Å². The molecule has 0 radical (unpaired) electrons. The molecule has 0 saturated carbocycles. The summed E-state index contributed by atoms with van der Waals surface area (Å²) < 4.78 is 5.52. The van der Waals surface area contributed by atoms with Gasteiger partial charge in [0.05, 0.1) is 16.9 Å². The van der Waals surface area contributed by atoms with Crippen molar-refractivity contribution in [2.45, 2.75) is 47.6 Å². The van der Waals surface area contributed by atoms with Crippen LogP contribution >= 0.6 is 11.3 Å². The summed E-state index contributed by atoms with van der Waals surface area (Å²) in [5.41, 5.74) is 6.02. The monoisotopic (exact) mass is 422 g/mol. The van der Waals surface area contributed by atoms with E-state index in [2.05, 4.69) is 11.9 Å². The lowest BCUT2D eigenvalue weighted by Gasteiger charge is -2.21. The quantitative estimate of drug-likeness (QED) is 0.480. The number of nitrogens with zero attached hydrogens (tertiary/aromatic N) is 2. The van der Waals surface area contributed by atoms with E-state index in [0.29, 0.717) is 16.4 Å². The van der Waals surface area contributed by atoms with Gasteiger partial charge < -0.3 is 4.74 Å². The second-order valence-electron chi connectivity index (χ2n) is 7.31. The second kappa shape index (κ2) is 9.22. The van der Waals surface area contributed by atoms with Crippen molar-refractivity contribution >= 4 is 34.0 Å². The van der Waals surface area contributed by atoms with Gasteiger partial charge in [-0.25, -0.2) is 9.78 Å². The Morgan fingerprint density at radius 2 is 1.77 bits per heavy atom. The Balaban J connectivity index is 1.79.